The van der Waals surface area contributed by atoms with Crippen LogP contribution in [0.1, 0.15) is 30.9 Å². The van der Waals surface area contributed by atoms with E-state index in [0.29, 0.717) is 0 Å². The van der Waals surface area contributed by atoms with Crippen molar-refractivity contribution in [1.82, 2.24) is 4.90 Å². The van der Waals surface area contributed by atoms with Gasteiger partial charge in [0, 0.05) is 6.04 Å². The van der Waals surface area contributed by atoms with Gasteiger partial charge >= 0.3 is 5.97 Å². The molecule has 0 aromatic heterocycles. The van der Waals surface area contributed by atoms with Crippen LogP contribution < -0.4 is 0 Å². The van der Waals surface area contributed by atoms with Gasteiger partial charge in [-0.25, -0.2) is 4.39 Å². The molecular formula is C13H16FNO2. The lowest BCUT2D eigenvalue weighted by Gasteiger charge is -2.26. The second-order valence-corrected chi connectivity index (χ2v) is 4.41. The molecule has 1 N–H and O–H groups in total. The Labute approximate surface area is 99.9 Å². The highest BCUT2D eigenvalue weighted by Gasteiger charge is 2.25. The SMILES string of the molecule is O=C(O)CC(c1ccc(F)cc1)N1CCCC1. The number of halogens is 1. The van der Waals surface area contributed by atoms with Gasteiger partial charge in [0.05, 0.1) is 6.42 Å². The van der Waals surface area contributed by atoms with Crippen molar-refractivity contribution in [3.05, 3.63) is 35.6 Å². The van der Waals surface area contributed by atoms with Gasteiger partial charge in [0.15, 0.2) is 0 Å². The first-order chi connectivity index (χ1) is 8.16. The van der Waals surface area contributed by atoms with Crippen molar-refractivity contribution in [3.63, 3.8) is 0 Å². The number of aliphatic carboxylic acids is 1. The molecule has 0 spiro atoms. The Bertz CT molecular complexity index is 385. The lowest BCUT2D eigenvalue weighted by atomic mass is 10.0. The molecule has 0 bridgehead atoms. The van der Waals surface area contributed by atoms with E-state index in [0.717, 1.165) is 31.5 Å². The summed E-state index contributed by atoms with van der Waals surface area (Å²) in [6, 6.07) is 6.01. The highest BCUT2D eigenvalue weighted by molar-refractivity contribution is 5.68. The minimum Gasteiger partial charge on any atom is -0.481 e. The van der Waals surface area contributed by atoms with E-state index < -0.39 is 5.97 Å². The second kappa shape index (κ2) is 5.27. The molecule has 1 fully saturated rings. The molecule has 1 aliphatic heterocycles. The predicted molar refractivity (Wildman–Crippen MR) is 62.2 cm³/mol. The number of carboxylic acid groups (broad SMARTS) is 1. The number of hydrogen-bond acceptors (Lipinski definition) is 2. The average molecular weight is 237 g/mol. The van der Waals surface area contributed by atoms with Gasteiger partial charge in [-0.05, 0) is 43.6 Å². The Morgan fingerprint density at radius 2 is 1.88 bits per heavy atom. The second-order valence-electron chi connectivity index (χ2n) is 4.41. The summed E-state index contributed by atoms with van der Waals surface area (Å²) < 4.78 is 12.9. The maximum absolute atomic E-state index is 12.9. The first kappa shape index (κ1) is 12.0. The molecule has 0 aliphatic carbocycles. The highest BCUT2D eigenvalue weighted by atomic mass is 19.1. The summed E-state index contributed by atoms with van der Waals surface area (Å²) in [4.78, 5) is 13.1. The summed E-state index contributed by atoms with van der Waals surface area (Å²) in [5, 5.41) is 8.96. The molecule has 1 aromatic rings. The topological polar surface area (TPSA) is 40.5 Å². The van der Waals surface area contributed by atoms with Crippen molar-refractivity contribution in [2.45, 2.75) is 25.3 Å². The average Bonchev–Trinajstić information content (AvgIpc) is 2.80. The molecule has 2 rings (SSSR count). The molecule has 0 radical (unpaired) electrons. The third-order valence-electron chi connectivity index (χ3n) is 3.20. The Balaban J connectivity index is 2.19. The Morgan fingerprint density at radius 1 is 1.29 bits per heavy atom. The maximum Gasteiger partial charge on any atom is 0.305 e. The van der Waals surface area contributed by atoms with E-state index in [1.54, 1.807) is 12.1 Å². The van der Waals surface area contributed by atoms with Gasteiger partial charge in [0.2, 0.25) is 0 Å². The summed E-state index contributed by atoms with van der Waals surface area (Å²) in [6.07, 6.45) is 2.29. The lowest BCUT2D eigenvalue weighted by Crippen LogP contribution is -2.27. The Kier molecular flexibility index (Phi) is 3.74. The number of rotatable bonds is 4. The van der Waals surface area contributed by atoms with E-state index in [2.05, 4.69) is 4.90 Å². The predicted octanol–water partition coefficient (Wildman–Crippen LogP) is 2.44. The van der Waals surface area contributed by atoms with E-state index >= 15 is 0 Å². The van der Waals surface area contributed by atoms with Crippen LogP contribution in [0.25, 0.3) is 0 Å². The van der Waals surface area contributed by atoms with Crippen LogP contribution in [0.4, 0.5) is 4.39 Å². The van der Waals surface area contributed by atoms with Crippen molar-refractivity contribution in [2.24, 2.45) is 0 Å². The van der Waals surface area contributed by atoms with Crippen molar-refractivity contribution >= 4 is 5.97 Å². The molecule has 92 valence electrons. The molecule has 1 saturated heterocycles. The quantitative estimate of drug-likeness (QED) is 0.874. The maximum atomic E-state index is 12.9. The van der Waals surface area contributed by atoms with Crippen LogP contribution in [0.5, 0.6) is 0 Å². The number of nitrogens with zero attached hydrogens (tertiary/aromatic N) is 1. The monoisotopic (exact) mass is 237 g/mol. The molecule has 0 amide bonds. The fourth-order valence-electron chi connectivity index (χ4n) is 2.36. The number of likely N-dealkylation sites (tertiary alicyclic amines) is 1. The number of hydrogen-bond donors (Lipinski definition) is 1. The van der Waals surface area contributed by atoms with Gasteiger partial charge in [-0.1, -0.05) is 12.1 Å². The van der Waals surface area contributed by atoms with Crippen molar-refractivity contribution < 1.29 is 14.3 Å². The number of carboxylic acids is 1. The van der Waals surface area contributed by atoms with E-state index in [-0.39, 0.29) is 18.3 Å². The molecule has 4 heteroatoms. The van der Waals surface area contributed by atoms with Gasteiger partial charge in [-0.3, -0.25) is 9.69 Å². The van der Waals surface area contributed by atoms with E-state index in [9.17, 15) is 9.18 Å². The zero-order chi connectivity index (χ0) is 12.3. The molecule has 1 atom stereocenters. The number of benzene rings is 1. The van der Waals surface area contributed by atoms with Crippen molar-refractivity contribution in [3.8, 4) is 0 Å². The van der Waals surface area contributed by atoms with E-state index in [4.69, 9.17) is 5.11 Å². The van der Waals surface area contributed by atoms with E-state index in [1.807, 2.05) is 0 Å². The minimum atomic E-state index is -0.814. The van der Waals surface area contributed by atoms with Gasteiger partial charge in [-0.2, -0.15) is 0 Å². The summed E-state index contributed by atoms with van der Waals surface area (Å²) in [6.45, 7) is 1.85. The fourth-order valence-corrected chi connectivity index (χ4v) is 2.36. The molecule has 3 nitrogen and oxygen atoms in total. The van der Waals surface area contributed by atoms with Crippen LogP contribution in [-0.2, 0) is 4.79 Å². The minimum absolute atomic E-state index is 0.0750. The molecule has 17 heavy (non-hydrogen) atoms. The zero-order valence-corrected chi connectivity index (χ0v) is 9.60. The standard InChI is InChI=1S/C13H16FNO2/c14-11-5-3-10(4-6-11)12(9-13(16)17)15-7-1-2-8-15/h3-6,12H,1-2,7-9H2,(H,16,17). The largest absolute Gasteiger partial charge is 0.481 e. The smallest absolute Gasteiger partial charge is 0.305 e. The first-order valence-corrected chi connectivity index (χ1v) is 5.88. The molecule has 0 saturated carbocycles. The molecule has 1 aliphatic rings. The highest BCUT2D eigenvalue weighted by Crippen LogP contribution is 2.28. The third-order valence-corrected chi connectivity index (χ3v) is 3.20. The zero-order valence-electron chi connectivity index (χ0n) is 9.60. The summed E-state index contributed by atoms with van der Waals surface area (Å²) in [5.41, 5.74) is 0.885. The van der Waals surface area contributed by atoms with E-state index in [1.165, 1.54) is 12.1 Å². The van der Waals surface area contributed by atoms with Gasteiger partial charge in [-0.15, -0.1) is 0 Å². The summed E-state index contributed by atoms with van der Waals surface area (Å²) in [5.74, 6) is -1.10. The number of carbonyl (C=O) groups is 1. The van der Waals surface area contributed by atoms with Crippen LogP contribution in [0.2, 0.25) is 0 Å². The van der Waals surface area contributed by atoms with Crippen LogP contribution in [0, 0.1) is 5.82 Å². The molecule has 1 unspecified atom stereocenters. The van der Waals surface area contributed by atoms with Crippen molar-refractivity contribution in [1.29, 1.82) is 0 Å². The van der Waals surface area contributed by atoms with Crippen LogP contribution in [0.15, 0.2) is 24.3 Å². The van der Waals surface area contributed by atoms with Gasteiger partial charge in [0.25, 0.3) is 0 Å². The normalized spacial score (nSPS) is 18.2. The lowest BCUT2D eigenvalue weighted by molar-refractivity contribution is -0.138. The summed E-state index contributed by atoms with van der Waals surface area (Å²) >= 11 is 0. The Hall–Kier alpha value is -1.42. The van der Waals surface area contributed by atoms with Gasteiger partial charge < -0.3 is 5.11 Å². The van der Waals surface area contributed by atoms with Crippen LogP contribution >= 0.6 is 0 Å². The van der Waals surface area contributed by atoms with Crippen LogP contribution in [0.3, 0.4) is 0 Å². The van der Waals surface area contributed by atoms with Crippen LogP contribution in [-0.4, -0.2) is 29.1 Å². The molecular weight excluding hydrogens is 221 g/mol. The molecule has 1 heterocycles. The summed E-state index contributed by atoms with van der Waals surface area (Å²) in [7, 11) is 0. The van der Waals surface area contributed by atoms with Crippen molar-refractivity contribution in [2.75, 3.05) is 13.1 Å². The molecule has 1 aromatic carbocycles. The fraction of sp³-hybridized carbons (Fsp3) is 0.462. The third kappa shape index (κ3) is 3.03. The first-order valence-electron chi connectivity index (χ1n) is 5.88. The van der Waals surface area contributed by atoms with Gasteiger partial charge in [0.1, 0.15) is 5.82 Å². The Morgan fingerprint density at radius 3 is 2.41 bits per heavy atom.